The number of anilines is 1. The zero-order chi connectivity index (χ0) is 12.7. The van der Waals surface area contributed by atoms with E-state index in [2.05, 4.69) is 36.1 Å². The Hall–Kier alpha value is -0.650. The summed E-state index contributed by atoms with van der Waals surface area (Å²) in [5, 5.41) is 4.48. The topological polar surface area (TPSA) is 37.4 Å². The molecule has 0 aliphatic heterocycles. The predicted octanol–water partition coefficient (Wildman–Crippen LogP) is 2.11. The maximum atomic E-state index is 5.04. The maximum absolute atomic E-state index is 5.04. The summed E-state index contributed by atoms with van der Waals surface area (Å²) < 4.78 is 5.04. The molecular weight excluding hydrogens is 234 g/mol. The minimum atomic E-state index is 0.514. The summed E-state index contributed by atoms with van der Waals surface area (Å²) in [4.78, 5) is 7.90. The number of nitrogens with zero attached hydrogens (tertiary/aromatic N) is 2. The van der Waals surface area contributed by atoms with Crippen molar-refractivity contribution in [1.29, 1.82) is 0 Å². The Kier molecular flexibility index (Phi) is 6.47. The van der Waals surface area contributed by atoms with E-state index in [-0.39, 0.29) is 0 Å². The van der Waals surface area contributed by atoms with Gasteiger partial charge in [-0.1, -0.05) is 13.8 Å². The Bertz CT molecular complexity index is 314. The lowest BCUT2D eigenvalue weighted by atomic mass is 10.4. The van der Waals surface area contributed by atoms with Crippen molar-refractivity contribution in [2.24, 2.45) is 0 Å². The molecule has 0 bridgehead atoms. The zero-order valence-electron chi connectivity index (χ0n) is 11.2. The predicted molar refractivity (Wildman–Crippen MR) is 73.9 cm³/mol. The summed E-state index contributed by atoms with van der Waals surface area (Å²) in [5.41, 5.74) is 0. The average molecular weight is 257 g/mol. The highest BCUT2D eigenvalue weighted by Crippen LogP contribution is 2.21. The van der Waals surface area contributed by atoms with Crippen LogP contribution in [-0.2, 0) is 11.3 Å². The lowest BCUT2D eigenvalue weighted by molar-refractivity contribution is 0.196. The van der Waals surface area contributed by atoms with E-state index in [0.717, 1.165) is 31.2 Å². The monoisotopic (exact) mass is 257 g/mol. The van der Waals surface area contributed by atoms with E-state index in [1.54, 1.807) is 18.4 Å². The highest BCUT2D eigenvalue weighted by molar-refractivity contribution is 7.15. The van der Waals surface area contributed by atoms with Crippen LogP contribution in [0.25, 0.3) is 0 Å². The van der Waals surface area contributed by atoms with Crippen LogP contribution in [0.1, 0.15) is 25.1 Å². The molecule has 1 heterocycles. The first-order valence-electron chi connectivity index (χ1n) is 6.01. The molecule has 5 heteroatoms. The molecule has 0 amide bonds. The summed E-state index contributed by atoms with van der Waals surface area (Å²) in [5.74, 6) is 0. The van der Waals surface area contributed by atoms with Gasteiger partial charge in [0.05, 0.1) is 0 Å². The average Bonchev–Trinajstić information content (AvgIpc) is 2.75. The molecule has 0 unspecified atom stereocenters. The molecule has 0 saturated heterocycles. The largest absolute Gasteiger partial charge is 0.385 e. The third kappa shape index (κ3) is 5.48. The first-order chi connectivity index (χ1) is 8.13. The second-order valence-corrected chi connectivity index (χ2v) is 5.51. The minimum Gasteiger partial charge on any atom is -0.385 e. The molecule has 0 atom stereocenters. The zero-order valence-corrected chi connectivity index (χ0v) is 12.0. The molecular formula is C12H23N3OS. The van der Waals surface area contributed by atoms with E-state index in [1.807, 2.05) is 6.20 Å². The Morgan fingerprint density at radius 3 is 2.94 bits per heavy atom. The molecule has 98 valence electrons. The van der Waals surface area contributed by atoms with Gasteiger partial charge in [-0.15, -0.1) is 11.3 Å². The molecule has 0 saturated carbocycles. The van der Waals surface area contributed by atoms with Gasteiger partial charge in [0.2, 0.25) is 0 Å². The van der Waals surface area contributed by atoms with Crippen molar-refractivity contribution >= 4 is 16.5 Å². The van der Waals surface area contributed by atoms with Gasteiger partial charge < -0.3 is 15.0 Å². The van der Waals surface area contributed by atoms with Crippen LogP contribution < -0.4 is 10.2 Å². The number of methoxy groups -OCH3 is 1. The quantitative estimate of drug-likeness (QED) is 0.724. The van der Waals surface area contributed by atoms with E-state index < -0.39 is 0 Å². The van der Waals surface area contributed by atoms with Gasteiger partial charge in [-0.3, -0.25) is 0 Å². The van der Waals surface area contributed by atoms with Crippen molar-refractivity contribution in [1.82, 2.24) is 10.3 Å². The van der Waals surface area contributed by atoms with Crippen molar-refractivity contribution in [2.75, 3.05) is 32.2 Å². The lowest BCUT2D eigenvalue weighted by Gasteiger charge is -2.14. The van der Waals surface area contributed by atoms with Crippen LogP contribution in [0.3, 0.4) is 0 Å². The summed E-state index contributed by atoms with van der Waals surface area (Å²) in [7, 11) is 3.81. The number of nitrogens with one attached hydrogen (secondary N) is 1. The van der Waals surface area contributed by atoms with Gasteiger partial charge in [-0.05, 0) is 6.42 Å². The van der Waals surface area contributed by atoms with Crippen LogP contribution in [-0.4, -0.2) is 38.3 Å². The molecule has 17 heavy (non-hydrogen) atoms. The van der Waals surface area contributed by atoms with Crippen LogP contribution in [0.15, 0.2) is 6.20 Å². The lowest BCUT2D eigenvalue weighted by Crippen LogP contribution is -2.21. The van der Waals surface area contributed by atoms with Crippen LogP contribution in [0.2, 0.25) is 0 Å². The smallest absolute Gasteiger partial charge is 0.185 e. The Labute approximate surface area is 108 Å². The number of hydrogen-bond donors (Lipinski definition) is 1. The normalized spacial score (nSPS) is 11.1. The van der Waals surface area contributed by atoms with Gasteiger partial charge in [0.1, 0.15) is 0 Å². The molecule has 1 aromatic heterocycles. The minimum absolute atomic E-state index is 0.514. The van der Waals surface area contributed by atoms with Gasteiger partial charge in [-0.25, -0.2) is 4.98 Å². The van der Waals surface area contributed by atoms with Crippen molar-refractivity contribution in [3.8, 4) is 0 Å². The van der Waals surface area contributed by atoms with Gasteiger partial charge in [0, 0.05) is 51.0 Å². The summed E-state index contributed by atoms with van der Waals surface area (Å²) in [6.45, 7) is 6.99. The van der Waals surface area contributed by atoms with Gasteiger partial charge in [0.15, 0.2) is 5.13 Å². The number of thiazole rings is 1. The second-order valence-electron chi connectivity index (χ2n) is 4.41. The number of ether oxygens (including phenoxy) is 1. The van der Waals surface area contributed by atoms with Gasteiger partial charge in [-0.2, -0.15) is 0 Å². The molecule has 1 aromatic rings. The van der Waals surface area contributed by atoms with Crippen LogP contribution >= 0.6 is 11.3 Å². The number of hydrogen-bond acceptors (Lipinski definition) is 5. The summed E-state index contributed by atoms with van der Waals surface area (Å²) >= 11 is 1.75. The second kappa shape index (κ2) is 7.63. The molecule has 0 aliphatic carbocycles. The SMILES string of the molecule is COCCCN(C)c1ncc(CNC(C)C)s1. The first kappa shape index (κ1) is 14.4. The standard InChI is InChI=1S/C12H23N3OS/c1-10(2)13-8-11-9-14-12(17-11)15(3)6-5-7-16-4/h9-10,13H,5-8H2,1-4H3. The molecule has 0 spiro atoms. The molecule has 0 aromatic carbocycles. The number of rotatable bonds is 8. The van der Waals surface area contributed by atoms with Crippen molar-refractivity contribution < 1.29 is 4.74 Å². The Balaban J connectivity index is 2.38. The highest BCUT2D eigenvalue weighted by Gasteiger charge is 2.06. The molecule has 0 aliphatic rings. The molecule has 1 rings (SSSR count). The summed E-state index contributed by atoms with van der Waals surface area (Å²) in [6.07, 6.45) is 2.99. The Morgan fingerprint density at radius 1 is 1.53 bits per heavy atom. The van der Waals surface area contributed by atoms with Crippen molar-refractivity contribution in [2.45, 2.75) is 32.9 Å². The third-order valence-corrected chi connectivity index (χ3v) is 3.51. The van der Waals surface area contributed by atoms with Crippen molar-refractivity contribution in [3.05, 3.63) is 11.1 Å². The third-order valence-electron chi connectivity index (χ3n) is 2.39. The fourth-order valence-electron chi connectivity index (χ4n) is 1.40. The molecule has 1 N–H and O–H groups in total. The number of aromatic nitrogens is 1. The van der Waals surface area contributed by atoms with Crippen LogP contribution in [0.5, 0.6) is 0 Å². The van der Waals surface area contributed by atoms with Crippen LogP contribution in [0, 0.1) is 0 Å². The fourth-order valence-corrected chi connectivity index (χ4v) is 2.25. The fraction of sp³-hybridized carbons (Fsp3) is 0.750. The molecule has 4 nitrogen and oxygen atoms in total. The summed E-state index contributed by atoms with van der Waals surface area (Å²) in [6, 6.07) is 0.514. The van der Waals surface area contributed by atoms with E-state index in [4.69, 9.17) is 4.74 Å². The molecule has 0 fully saturated rings. The van der Waals surface area contributed by atoms with E-state index in [9.17, 15) is 0 Å². The van der Waals surface area contributed by atoms with Crippen LogP contribution in [0.4, 0.5) is 5.13 Å². The molecule has 0 radical (unpaired) electrons. The van der Waals surface area contributed by atoms with E-state index in [0.29, 0.717) is 6.04 Å². The maximum Gasteiger partial charge on any atom is 0.185 e. The first-order valence-corrected chi connectivity index (χ1v) is 6.83. The highest BCUT2D eigenvalue weighted by atomic mass is 32.1. The van der Waals surface area contributed by atoms with Crippen molar-refractivity contribution in [3.63, 3.8) is 0 Å². The van der Waals surface area contributed by atoms with E-state index in [1.165, 1.54) is 4.88 Å². The van der Waals surface area contributed by atoms with Gasteiger partial charge in [0.25, 0.3) is 0 Å². The van der Waals surface area contributed by atoms with Gasteiger partial charge >= 0.3 is 0 Å². The Morgan fingerprint density at radius 2 is 2.29 bits per heavy atom. The van der Waals surface area contributed by atoms with E-state index >= 15 is 0 Å².